The molecule has 1 aliphatic carbocycles. The lowest BCUT2D eigenvalue weighted by Crippen LogP contribution is -2.37. The highest BCUT2D eigenvalue weighted by Gasteiger charge is 2.26. The second kappa shape index (κ2) is 3.48. The fourth-order valence-electron chi connectivity index (χ4n) is 1.41. The first kappa shape index (κ1) is 8.91. The minimum absolute atomic E-state index is 0.823. The molecule has 0 atom stereocenters. The molecule has 0 heterocycles. The Morgan fingerprint density at radius 3 is 2.18 bits per heavy atom. The summed E-state index contributed by atoms with van der Waals surface area (Å²) in [4.78, 5) is 0. The van der Waals surface area contributed by atoms with Crippen LogP contribution in [0.4, 0.5) is 8.78 Å². The Morgan fingerprint density at radius 2 is 1.73 bits per heavy atom. The van der Waals surface area contributed by atoms with Crippen molar-refractivity contribution >= 4 is 0 Å². The molecule has 1 rings (SSSR count). The van der Waals surface area contributed by atoms with Crippen molar-refractivity contribution < 1.29 is 8.78 Å². The molecule has 65 valence electrons. The Hall–Kier alpha value is -0.180. The number of hydrogen-bond donors (Lipinski definition) is 1. The highest BCUT2D eigenvalue weighted by atomic mass is 19.3. The lowest BCUT2D eigenvalue weighted by Gasteiger charge is -2.25. The lowest BCUT2D eigenvalue weighted by atomic mass is 9.95. The average molecular weight is 162 g/mol. The molecule has 3 heteroatoms. The number of hydrogen-bond acceptors (Lipinski definition) is 1. The lowest BCUT2D eigenvalue weighted by molar-refractivity contribution is -0.0155. The molecule has 0 unspecified atom stereocenters. The van der Waals surface area contributed by atoms with Gasteiger partial charge in [0.15, 0.2) is 0 Å². The van der Waals surface area contributed by atoms with Gasteiger partial charge in [-0.15, -0.1) is 0 Å². The van der Waals surface area contributed by atoms with Crippen molar-refractivity contribution in [2.45, 2.75) is 45.1 Å². The van der Waals surface area contributed by atoms with E-state index in [1.807, 2.05) is 0 Å². The minimum Gasteiger partial charge on any atom is -0.251 e. The number of alkyl halides is 2. The molecule has 0 spiro atoms. The van der Waals surface area contributed by atoms with Crippen LogP contribution in [-0.2, 0) is 0 Å². The Kier molecular flexibility index (Phi) is 2.82. The maximum absolute atomic E-state index is 12.4. The van der Waals surface area contributed by atoms with Crippen molar-refractivity contribution in [3.63, 3.8) is 0 Å². The second-order valence-electron chi connectivity index (χ2n) is 3.18. The van der Waals surface area contributed by atoms with Crippen molar-refractivity contribution in [2.75, 3.05) is 0 Å². The molecule has 1 nitrogen and oxygen atoms in total. The van der Waals surface area contributed by atoms with E-state index in [2.05, 4.69) is 5.32 Å². The van der Waals surface area contributed by atoms with Crippen LogP contribution in [0.3, 0.4) is 0 Å². The maximum Gasteiger partial charge on any atom is 0.300 e. The van der Waals surface area contributed by atoms with Gasteiger partial charge in [-0.2, -0.15) is 8.78 Å². The molecule has 1 N–H and O–H groups in total. The van der Waals surface area contributed by atoms with E-state index in [1.54, 1.807) is 0 Å². The summed E-state index contributed by atoms with van der Waals surface area (Å²) in [6.45, 7) is 0.897. The van der Waals surface area contributed by atoms with Gasteiger partial charge in [0, 0.05) is 13.0 Å². The van der Waals surface area contributed by atoms with Gasteiger partial charge in [0.05, 0.1) is 0 Å². The second-order valence-corrected chi connectivity index (χ2v) is 3.18. The van der Waals surface area contributed by atoms with Gasteiger partial charge < -0.3 is 0 Å². The van der Waals surface area contributed by atoms with Gasteiger partial charge in [-0.3, -0.25) is 5.32 Å². The smallest absolute Gasteiger partial charge is 0.251 e. The fraction of sp³-hybridized carbons (Fsp3) is 0.875. The predicted molar refractivity (Wildman–Crippen MR) is 40.1 cm³/mol. The number of halogens is 2. The molecule has 0 saturated heterocycles. The zero-order chi connectivity index (χ0) is 8.32. The third kappa shape index (κ3) is 3.65. The van der Waals surface area contributed by atoms with E-state index in [9.17, 15) is 8.78 Å². The number of rotatable bonds is 2. The molecule has 0 aromatic heterocycles. The summed E-state index contributed by atoms with van der Waals surface area (Å²) in [5.74, 6) is 0. The first-order valence-electron chi connectivity index (χ1n) is 4.09. The van der Waals surface area contributed by atoms with Gasteiger partial charge in [-0.25, -0.2) is 0 Å². The molecule has 1 radical (unpaired) electrons. The van der Waals surface area contributed by atoms with Gasteiger partial charge in [-0.1, -0.05) is 19.3 Å². The predicted octanol–water partition coefficient (Wildman–Crippen LogP) is 2.68. The third-order valence-electron chi connectivity index (χ3n) is 1.85. The standard InChI is InChI=1S/C8H14F2N/c1-8(9,10)11-7-5-3-2-4-6-7/h11H,2-6H2,1H3. The van der Waals surface area contributed by atoms with Gasteiger partial charge in [0.1, 0.15) is 0 Å². The maximum atomic E-state index is 12.4. The van der Waals surface area contributed by atoms with Crippen molar-refractivity contribution in [3.05, 3.63) is 6.04 Å². The Balaban J connectivity index is 2.24. The zero-order valence-corrected chi connectivity index (χ0v) is 6.79. The SMILES string of the molecule is CC(F)(F)N[C]1CCCCC1. The van der Waals surface area contributed by atoms with Crippen LogP contribution in [0.25, 0.3) is 0 Å². The summed E-state index contributed by atoms with van der Waals surface area (Å²) in [5.41, 5.74) is 0. The molecule has 0 aromatic rings. The molecule has 0 aliphatic heterocycles. The van der Waals surface area contributed by atoms with Crippen LogP contribution in [0, 0.1) is 6.04 Å². The van der Waals surface area contributed by atoms with Crippen molar-refractivity contribution in [1.29, 1.82) is 0 Å². The molecule has 1 aliphatic rings. The van der Waals surface area contributed by atoms with Crippen LogP contribution in [0.5, 0.6) is 0 Å². The van der Waals surface area contributed by atoms with Crippen molar-refractivity contribution in [1.82, 2.24) is 5.32 Å². The van der Waals surface area contributed by atoms with Gasteiger partial charge in [0.25, 0.3) is 6.05 Å². The summed E-state index contributed by atoms with van der Waals surface area (Å²) in [6.07, 6.45) is 4.93. The summed E-state index contributed by atoms with van der Waals surface area (Å²) in [5, 5.41) is 2.24. The molecular weight excluding hydrogens is 148 g/mol. The normalized spacial score (nSPS) is 22.1. The van der Waals surface area contributed by atoms with Crippen LogP contribution in [-0.4, -0.2) is 6.05 Å². The first-order chi connectivity index (χ1) is 5.08. The van der Waals surface area contributed by atoms with Crippen LogP contribution >= 0.6 is 0 Å². The fourth-order valence-corrected chi connectivity index (χ4v) is 1.41. The molecule has 0 bridgehead atoms. The van der Waals surface area contributed by atoms with Crippen LogP contribution in [0.15, 0.2) is 0 Å². The molecular formula is C8H14F2N. The highest BCUT2D eigenvalue weighted by Crippen LogP contribution is 2.25. The van der Waals surface area contributed by atoms with Crippen LogP contribution in [0.1, 0.15) is 39.0 Å². The molecule has 0 amide bonds. The minimum atomic E-state index is -2.73. The van der Waals surface area contributed by atoms with Crippen LogP contribution < -0.4 is 5.32 Å². The van der Waals surface area contributed by atoms with Crippen molar-refractivity contribution in [2.24, 2.45) is 0 Å². The quantitative estimate of drug-likeness (QED) is 0.615. The summed E-state index contributed by atoms with van der Waals surface area (Å²) < 4.78 is 24.7. The molecule has 1 saturated carbocycles. The van der Waals surface area contributed by atoms with E-state index in [0.29, 0.717) is 0 Å². The van der Waals surface area contributed by atoms with E-state index in [-0.39, 0.29) is 0 Å². The average Bonchev–Trinajstić information content (AvgIpc) is 1.85. The first-order valence-corrected chi connectivity index (χ1v) is 4.09. The topological polar surface area (TPSA) is 12.0 Å². The van der Waals surface area contributed by atoms with E-state index < -0.39 is 6.05 Å². The summed E-state index contributed by atoms with van der Waals surface area (Å²) >= 11 is 0. The zero-order valence-electron chi connectivity index (χ0n) is 6.79. The van der Waals surface area contributed by atoms with Gasteiger partial charge >= 0.3 is 0 Å². The van der Waals surface area contributed by atoms with Gasteiger partial charge in [-0.05, 0) is 12.8 Å². The Bertz CT molecular complexity index is 114. The molecule has 1 fully saturated rings. The van der Waals surface area contributed by atoms with E-state index in [1.165, 1.54) is 6.42 Å². The monoisotopic (exact) mass is 162 g/mol. The largest absolute Gasteiger partial charge is 0.300 e. The van der Waals surface area contributed by atoms with Crippen molar-refractivity contribution in [3.8, 4) is 0 Å². The van der Waals surface area contributed by atoms with Gasteiger partial charge in [0.2, 0.25) is 0 Å². The van der Waals surface area contributed by atoms with E-state index in [4.69, 9.17) is 0 Å². The summed E-state index contributed by atoms with van der Waals surface area (Å²) in [7, 11) is 0. The highest BCUT2D eigenvalue weighted by molar-refractivity contribution is 4.91. The van der Waals surface area contributed by atoms with E-state index in [0.717, 1.165) is 38.6 Å². The Morgan fingerprint density at radius 1 is 1.18 bits per heavy atom. The Labute approximate surface area is 66.2 Å². The molecule has 11 heavy (non-hydrogen) atoms. The van der Waals surface area contributed by atoms with E-state index >= 15 is 0 Å². The number of nitrogens with one attached hydrogen (secondary N) is 1. The van der Waals surface area contributed by atoms with Crippen LogP contribution in [0.2, 0.25) is 0 Å². The molecule has 0 aromatic carbocycles. The third-order valence-corrected chi connectivity index (χ3v) is 1.85. The summed E-state index contributed by atoms with van der Waals surface area (Å²) in [6, 6.07) is -1.91.